The van der Waals surface area contributed by atoms with Crippen molar-refractivity contribution < 1.29 is 39.8 Å². The van der Waals surface area contributed by atoms with E-state index in [9.17, 15) is 10.2 Å². The molecule has 26 heavy (non-hydrogen) atoms. The molecule has 128 valence electrons. The molecule has 0 radical (unpaired) electrons. The van der Waals surface area contributed by atoms with Crippen molar-refractivity contribution >= 4 is 27.8 Å². The quantitative estimate of drug-likeness (QED) is 0.418. The Morgan fingerprint density at radius 2 is 1.65 bits per heavy atom. The molecule has 3 rings (SSSR count). The molecule has 0 fully saturated rings. The number of aromatic hydroxyl groups is 2. The van der Waals surface area contributed by atoms with E-state index in [0.717, 1.165) is 24.2 Å². The van der Waals surface area contributed by atoms with E-state index in [0.29, 0.717) is 16.8 Å². The van der Waals surface area contributed by atoms with Crippen LogP contribution < -0.4 is 34.5 Å². The maximum Gasteiger partial charge on any atom is 1.00 e. The van der Waals surface area contributed by atoms with Crippen LogP contribution in [0, 0.1) is 6.07 Å². The summed E-state index contributed by atoms with van der Waals surface area (Å²) >= 11 is 0. The molecule has 2 N–H and O–H groups in total. The summed E-state index contributed by atoms with van der Waals surface area (Å²) in [5.74, 6) is 0.211. The van der Waals surface area contributed by atoms with Crippen LogP contribution >= 0.6 is 0 Å². The van der Waals surface area contributed by atoms with Crippen LogP contribution in [-0.4, -0.2) is 23.3 Å². The number of benzene rings is 3. The smallest absolute Gasteiger partial charge is 0.509 e. The average Bonchev–Trinajstić information content (AvgIpc) is 2.62. The van der Waals surface area contributed by atoms with E-state index < -0.39 is 0 Å². The topological polar surface area (TPSA) is 68.4 Å². The van der Waals surface area contributed by atoms with Crippen molar-refractivity contribution in [3.63, 3.8) is 0 Å². The number of hydrogen-bond donors (Lipinski definition) is 2. The van der Waals surface area contributed by atoms with Gasteiger partial charge in [-0.25, -0.2) is 5.11 Å². The zero-order valence-electron chi connectivity index (χ0n) is 15.3. The van der Waals surface area contributed by atoms with Crippen molar-refractivity contribution in [1.29, 1.82) is 0 Å². The van der Waals surface area contributed by atoms with Gasteiger partial charge in [-0.2, -0.15) is 17.2 Å². The van der Waals surface area contributed by atoms with Crippen molar-refractivity contribution in [1.82, 2.24) is 0 Å². The van der Waals surface area contributed by atoms with Crippen LogP contribution in [0.25, 0.3) is 10.8 Å². The van der Waals surface area contributed by atoms with Gasteiger partial charge in [0.1, 0.15) is 17.2 Å². The van der Waals surface area contributed by atoms with Crippen LogP contribution in [0.3, 0.4) is 0 Å². The van der Waals surface area contributed by atoms with Gasteiger partial charge in [0, 0.05) is 24.8 Å². The second-order valence-electron chi connectivity index (χ2n) is 5.63. The molecule has 0 saturated carbocycles. The predicted molar refractivity (Wildman–Crippen MR) is 100 cm³/mol. The third-order valence-corrected chi connectivity index (χ3v) is 4.14. The molecule has 0 atom stereocenters. The molecule has 0 aliphatic heterocycles. The molecule has 0 amide bonds. The summed E-state index contributed by atoms with van der Waals surface area (Å²) in [6, 6.07) is 17.0. The molecule has 0 unspecified atom stereocenters. The Bertz CT molecular complexity index is 919. The molecular formula is C20H20N3NaO2. The summed E-state index contributed by atoms with van der Waals surface area (Å²) in [4.78, 5) is 2.14. The summed E-state index contributed by atoms with van der Waals surface area (Å²) in [5, 5.41) is 30.1. The minimum Gasteiger partial charge on any atom is -0.509 e. The molecule has 6 heteroatoms. The van der Waals surface area contributed by atoms with Gasteiger partial charge in [-0.1, -0.05) is 11.5 Å². The Morgan fingerprint density at radius 1 is 0.923 bits per heavy atom. The minimum atomic E-state index is 0. The standard InChI is InChI=1S/C20H20N3O2.Na/c1-3-23(4-2)15-11-12-16(19(25)13-15)21-22-17-9-5-7-14-8-6-10-18(24)20(14)17;/h6-13,24-25H,3-4H2,1-2H3;/q-1;+1. The van der Waals surface area contributed by atoms with Crippen LogP contribution in [-0.2, 0) is 0 Å². The maximum atomic E-state index is 10.2. The van der Waals surface area contributed by atoms with Crippen molar-refractivity contribution in [2.24, 2.45) is 10.2 Å². The second-order valence-corrected chi connectivity index (χ2v) is 5.63. The Kier molecular flexibility index (Phi) is 7.03. The minimum absolute atomic E-state index is 0. The fraction of sp³-hybridized carbons (Fsp3) is 0.200. The Hall–Kier alpha value is -2.08. The first-order valence-electron chi connectivity index (χ1n) is 8.25. The first-order chi connectivity index (χ1) is 12.1. The van der Waals surface area contributed by atoms with Gasteiger partial charge < -0.3 is 15.1 Å². The van der Waals surface area contributed by atoms with Gasteiger partial charge >= 0.3 is 29.6 Å². The number of phenols is 2. The van der Waals surface area contributed by atoms with Gasteiger partial charge in [0.05, 0.1) is 0 Å². The number of rotatable bonds is 5. The molecule has 0 spiro atoms. The van der Waals surface area contributed by atoms with Crippen LogP contribution in [0.5, 0.6) is 11.5 Å². The molecule has 0 aromatic heterocycles. The van der Waals surface area contributed by atoms with Gasteiger partial charge in [-0.3, -0.25) is 0 Å². The summed E-state index contributed by atoms with van der Waals surface area (Å²) in [6.45, 7) is 5.86. The Morgan fingerprint density at radius 3 is 2.35 bits per heavy atom. The van der Waals surface area contributed by atoms with E-state index in [2.05, 4.69) is 35.0 Å². The van der Waals surface area contributed by atoms with Crippen LogP contribution in [0.2, 0.25) is 0 Å². The van der Waals surface area contributed by atoms with Gasteiger partial charge in [-0.15, -0.1) is 17.5 Å². The number of fused-ring (bicyclic) bond motifs is 1. The number of anilines is 1. The van der Waals surface area contributed by atoms with Crippen molar-refractivity contribution in [3.8, 4) is 11.5 Å². The van der Waals surface area contributed by atoms with Crippen molar-refractivity contribution in [3.05, 3.63) is 54.6 Å². The van der Waals surface area contributed by atoms with Crippen LogP contribution in [0.4, 0.5) is 17.1 Å². The van der Waals surface area contributed by atoms with Crippen molar-refractivity contribution in [2.75, 3.05) is 18.0 Å². The zero-order valence-corrected chi connectivity index (χ0v) is 17.3. The molecule has 0 heterocycles. The van der Waals surface area contributed by atoms with Crippen LogP contribution in [0.15, 0.2) is 58.8 Å². The van der Waals surface area contributed by atoms with Crippen molar-refractivity contribution in [2.45, 2.75) is 13.8 Å². The number of nitrogens with zero attached hydrogens (tertiary/aromatic N) is 3. The summed E-state index contributed by atoms with van der Waals surface area (Å²) in [7, 11) is 0. The molecule has 0 bridgehead atoms. The summed E-state index contributed by atoms with van der Waals surface area (Å²) < 4.78 is 0. The predicted octanol–water partition coefficient (Wildman–Crippen LogP) is 2.32. The van der Waals surface area contributed by atoms with E-state index in [1.54, 1.807) is 36.4 Å². The number of azo groups is 1. The van der Waals surface area contributed by atoms with E-state index in [4.69, 9.17) is 0 Å². The fourth-order valence-corrected chi connectivity index (χ4v) is 2.81. The Labute approximate surface area is 175 Å². The summed E-state index contributed by atoms with van der Waals surface area (Å²) in [5.41, 5.74) is 1.82. The number of hydrogen-bond acceptors (Lipinski definition) is 5. The fourth-order valence-electron chi connectivity index (χ4n) is 2.81. The normalized spacial score (nSPS) is 10.8. The molecule has 3 aromatic carbocycles. The van der Waals surface area contributed by atoms with E-state index in [1.165, 1.54) is 0 Å². The van der Waals surface area contributed by atoms with Gasteiger partial charge in [0.25, 0.3) is 0 Å². The first-order valence-corrected chi connectivity index (χ1v) is 8.25. The monoisotopic (exact) mass is 357 g/mol. The van der Waals surface area contributed by atoms with E-state index in [1.807, 2.05) is 12.1 Å². The maximum absolute atomic E-state index is 10.2. The molecule has 5 nitrogen and oxygen atoms in total. The van der Waals surface area contributed by atoms with E-state index in [-0.39, 0.29) is 41.1 Å². The van der Waals surface area contributed by atoms with E-state index >= 15 is 0 Å². The average molecular weight is 357 g/mol. The molecule has 0 saturated heterocycles. The largest absolute Gasteiger partial charge is 1.00 e. The van der Waals surface area contributed by atoms with Gasteiger partial charge in [0.15, 0.2) is 0 Å². The SMILES string of the molecule is CCN(CC)c1ccc(N=Nc2c[c-]cc3cccc(O)c23)c(O)c1.[Na+]. The third-order valence-electron chi connectivity index (χ3n) is 4.14. The Balaban J connectivity index is 0.00000243. The molecule has 0 aliphatic carbocycles. The first kappa shape index (κ1) is 20.2. The van der Waals surface area contributed by atoms with Gasteiger partial charge in [-0.05, 0) is 37.7 Å². The summed E-state index contributed by atoms with van der Waals surface area (Å²) in [6.07, 6.45) is 0. The van der Waals surface area contributed by atoms with Gasteiger partial charge in [0.2, 0.25) is 0 Å². The molecule has 3 aromatic rings. The number of phenolic OH excluding ortho intramolecular Hbond substituents is 2. The second kappa shape index (κ2) is 9.03. The molecule has 0 aliphatic rings. The molecular weight excluding hydrogens is 337 g/mol. The third kappa shape index (κ3) is 4.18. The zero-order chi connectivity index (χ0) is 17.8. The van der Waals surface area contributed by atoms with Crippen LogP contribution in [0.1, 0.15) is 13.8 Å².